The maximum absolute atomic E-state index is 16.2. The molecule has 0 spiro atoms. The van der Waals surface area contributed by atoms with Gasteiger partial charge in [0.15, 0.2) is 0 Å². The van der Waals surface area contributed by atoms with E-state index in [4.69, 9.17) is 6.57 Å². The van der Waals surface area contributed by atoms with E-state index in [2.05, 4.69) is 25.0 Å². The first-order valence-electron chi connectivity index (χ1n) is 15.9. The summed E-state index contributed by atoms with van der Waals surface area (Å²) >= 11 is 0. The predicted molar refractivity (Wildman–Crippen MR) is 169 cm³/mol. The van der Waals surface area contributed by atoms with Crippen molar-refractivity contribution in [2.75, 3.05) is 32.0 Å². The van der Waals surface area contributed by atoms with Gasteiger partial charge in [0.05, 0.1) is 5.39 Å². The van der Waals surface area contributed by atoms with Crippen molar-refractivity contribution in [2.24, 2.45) is 5.92 Å². The van der Waals surface area contributed by atoms with Crippen LogP contribution in [-0.2, 0) is 22.8 Å². The Morgan fingerprint density at radius 3 is 2.53 bits per heavy atom. The predicted octanol–water partition coefficient (Wildman–Crippen LogP) is 5.71. The molecule has 1 saturated carbocycles. The lowest BCUT2D eigenvalue weighted by molar-refractivity contribution is -0.130. The van der Waals surface area contributed by atoms with Crippen LogP contribution in [0.5, 0.6) is 0 Å². The summed E-state index contributed by atoms with van der Waals surface area (Å²) in [7, 11) is 1.73. The maximum Gasteiger partial charge on any atom is 0.276 e. The Hall–Kier alpha value is -3.91. The molecule has 1 aromatic carbocycles. The summed E-state index contributed by atoms with van der Waals surface area (Å²) in [5.74, 6) is -3.60. The highest BCUT2D eigenvalue weighted by atomic mass is 19.3. The molecule has 0 radical (unpaired) electrons. The highest BCUT2D eigenvalue weighted by Gasteiger charge is 2.55. The van der Waals surface area contributed by atoms with Gasteiger partial charge in [-0.1, -0.05) is 18.2 Å². The lowest BCUT2D eigenvalue weighted by Crippen LogP contribution is -2.52. The SMILES string of the molecule is [C-]#[N+]C1(c2cc3c4ncnc3n(c2=O)CC(=O)N(C)CCCCN2CCC(CC2(C)C)C(F)(F)c2cccc(c2)[C@@H](C)N4)CC1. The molecule has 1 aliphatic carbocycles. The second kappa shape index (κ2) is 11.5. The minimum Gasteiger partial charge on any atom is -0.363 e. The normalized spacial score (nSPS) is 26.1. The summed E-state index contributed by atoms with van der Waals surface area (Å²) in [6.07, 6.45) is 4.80. The van der Waals surface area contributed by atoms with Crippen LogP contribution in [0.3, 0.4) is 0 Å². The standard InChI is InChI=1S/C34H41F2N7O2/c1-22-23-9-8-10-24(17-23)34(35,36)25-11-16-42(32(2,3)19-25)15-7-6-14-41(5)28(44)20-43-30-26(29(40-22)38-21-39-30)18-27(31(43)45)33(37-4)12-13-33/h8-10,17-18,21-22,25H,6-7,11-16,19-20H2,1-3,5H3,(H,38,39,40)/t22-,25?/m1/s1. The van der Waals surface area contributed by atoms with Crippen LogP contribution in [0.25, 0.3) is 15.9 Å². The third-order valence-corrected chi connectivity index (χ3v) is 10.2. The number of likely N-dealkylation sites (N-methyl/N-ethyl adjacent to an activating group) is 1. The zero-order valence-corrected chi connectivity index (χ0v) is 26.4. The van der Waals surface area contributed by atoms with E-state index in [1.165, 1.54) is 17.0 Å². The van der Waals surface area contributed by atoms with Gasteiger partial charge in [-0.15, -0.1) is 0 Å². The maximum atomic E-state index is 16.2. The van der Waals surface area contributed by atoms with Crippen molar-refractivity contribution >= 4 is 22.8 Å². The first kappa shape index (κ1) is 31.1. The molecular formula is C34H41F2N7O2. The zero-order chi connectivity index (χ0) is 32.1. The molecule has 9 nitrogen and oxygen atoms in total. The number of rotatable bonds is 1. The zero-order valence-electron chi connectivity index (χ0n) is 26.4. The highest BCUT2D eigenvalue weighted by molar-refractivity contribution is 5.88. The van der Waals surface area contributed by atoms with Crippen molar-refractivity contribution in [1.82, 2.24) is 24.3 Å². The average molecular weight is 618 g/mol. The second-order valence-corrected chi connectivity index (χ2v) is 13.7. The van der Waals surface area contributed by atoms with Crippen LogP contribution in [0, 0.1) is 12.5 Å². The molecule has 1 N–H and O–H groups in total. The molecule has 3 aromatic rings. The number of carbonyl (C=O) groups is 1. The van der Waals surface area contributed by atoms with Gasteiger partial charge in [-0.25, -0.2) is 25.3 Å². The molecule has 238 valence electrons. The Bertz CT molecular complexity index is 1730. The number of piperidine rings is 1. The average Bonchev–Trinajstić information content (AvgIpc) is 3.81. The number of pyridine rings is 1. The van der Waals surface area contributed by atoms with Gasteiger partial charge in [0.2, 0.25) is 5.91 Å². The number of hydrogen-bond acceptors (Lipinski definition) is 6. The molecule has 2 aromatic heterocycles. The molecule has 3 atom stereocenters. The molecule has 5 heterocycles. The Morgan fingerprint density at radius 2 is 1.82 bits per heavy atom. The molecule has 3 aliphatic heterocycles. The van der Waals surface area contributed by atoms with E-state index in [-0.39, 0.29) is 29.2 Å². The van der Waals surface area contributed by atoms with Crippen LogP contribution in [0.4, 0.5) is 14.6 Å². The number of amides is 1. The lowest BCUT2D eigenvalue weighted by Gasteiger charge is -2.47. The third kappa shape index (κ3) is 5.69. The van der Waals surface area contributed by atoms with Gasteiger partial charge in [-0.3, -0.25) is 19.1 Å². The largest absolute Gasteiger partial charge is 0.363 e. The molecule has 11 heteroatoms. The topological polar surface area (TPSA) is 87.7 Å². The van der Waals surface area contributed by atoms with E-state index in [0.717, 1.165) is 19.4 Å². The van der Waals surface area contributed by atoms with Crippen LogP contribution in [0.2, 0.25) is 0 Å². The Labute approximate surface area is 262 Å². The number of nitrogens with zero attached hydrogens (tertiary/aromatic N) is 6. The first-order chi connectivity index (χ1) is 21.4. The number of anilines is 1. The molecule has 7 rings (SSSR count). The summed E-state index contributed by atoms with van der Waals surface area (Å²) < 4.78 is 33.7. The van der Waals surface area contributed by atoms with Gasteiger partial charge >= 0.3 is 0 Å². The molecule has 8 bridgehead atoms. The Kier molecular flexibility index (Phi) is 7.92. The van der Waals surface area contributed by atoms with E-state index in [1.54, 1.807) is 30.1 Å². The van der Waals surface area contributed by atoms with Gasteiger partial charge in [0, 0.05) is 49.5 Å². The number of halogens is 2. The van der Waals surface area contributed by atoms with Crippen LogP contribution in [0.1, 0.15) is 82.0 Å². The highest BCUT2D eigenvalue weighted by Crippen LogP contribution is 2.49. The van der Waals surface area contributed by atoms with Gasteiger partial charge in [0.1, 0.15) is 29.9 Å². The lowest BCUT2D eigenvalue weighted by atomic mass is 9.77. The first-order valence-corrected chi connectivity index (χ1v) is 15.9. The summed E-state index contributed by atoms with van der Waals surface area (Å²) in [5, 5.41) is 3.86. The fourth-order valence-corrected chi connectivity index (χ4v) is 7.08. The van der Waals surface area contributed by atoms with Crippen LogP contribution < -0.4 is 10.9 Å². The summed E-state index contributed by atoms with van der Waals surface area (Å²) in [4.78, 5) is 43.9. The quantitative estimate of drug-likeness (QED) is 0.352. The summed E-state index contributed by atoms with van der Waals surface area (Å²) in [6.45, 7) is 15.4. The monoisotopic (exact) mass is 617 g/mol. The molecule has 45 heavy (non-hydrogen) atoms. The number of fused-ring (bicyclic) bond motifs is 9. The van der Waals surface area contributed by atoms with E-state index in [0.29, 0.717) is 61.1 Å². The van der Waals surface area contributed by atoms with Crippen LogP contribution in [0.15, 0.2) is 41.5 Å². The van der Waals surface area contributed by atoms with Gasteiger partial charge in [0.25, 0.3) is 17.0 Å². The van der Waals surface area contributed by atoms with Crippen molar-refractivity contribution < 1.29 is 13.6 Å². The van der Waals surface area contributed by atoms with Gasteiger partial charge < -0.3 is 15.1 Å². The third-order valence-electron chi connectivity index (χ3n) is 10.2. The smallest absolute Gasteiger partial charge is 0.276 e. The molecule has 1 amide bonds. The summed E-state index contributed by atoms with van der Waals surface area (Å²) in [6, 6.07) is 7.85. The van der Waals surface area contributed by atoms with Crippen molar-refractivity contribution in [3.05, 3.63) is 75.1 Å². The van der Waals surface area contributed by atoms with Crippen molar-refractivity contribution in [3.8, 4) is 0 Å². The fraction of sp³-hybridized carbons (Fsp3) is 0.559. The minimum atomic E-state index is -2.99. The number of nitrogens with one attached hydrogen (secondary N) is 1. The Morgan fingerprint density at radius 1 is 1.07 bits per heavy atom. The van der Waals surface area contributed by atoms with Gasteiger partial charge in [-0.05, 0) is 77.2 Å². The summed E-state index contributed by atoms with van der Waals surface area (Å²) in [5.41, 5.74) is -0.404. The van der Waals surface area contributed by atoms with E-state index < -0.39 is 29.0 Å². The van der Waals surface area contributed by atoms with E-state index in [9.17, 15) is 9.59 Å². The van der Waals surface area contributed by atoms with Crippen LogP contribution in [-0.4, -0.2) is 62.5 Å². The molecule has 2 fully saturated rings. The number of alkyl halides is 2. The van der Waals surface area contributed by atoms with Crippen molar-refractivity contribution in [3.63, 3.8) is 0 Å². The van der Waals surface area contributed by atoms with E-state index in [1.807, 2.05) is 26.8 Å². The number of carbonyl (C=O) groups excluding carboxylic acids is 1. The number of benzene rings is 1. The fourth-order valence-electron chi connectivity index (χ4n) is 7.08. The molecular weight excluding hydrogens is 576 g/mol. The van der Waals surface area contributed by atoms with Crippen molar-refractivity contribution in [1.29, 1.82) is 0 Å². The number of hydrogen-bond donors (Lipinski definition) is 1. The molecule has 2 unspecified atom stereocenters. The second-order valence-electron chi connectivity index (χ2n) is 13.7. The minimum absolute atomic E-state index is 0.00624. The van der Waals surface area contributed by atoms with Crippen molar-refractivity contribution in [2.45, 2.75) is 88.9 Å². The number of aromatic nitrogens is 3. The van der Waals surface area contributed by atoms with Crippen LogP contribution >= 0.6 is 0 Å². The van der Waals surface area contributed by atoms with E-state index >= 15 is 8.78 Å². The van der Waals surface area contributed by atoms with Gasteiger partial charge in [-0.2, -0.15) is 0 Å². The Balaban J connectivity index is 1.45. The molecule has 4 aliphatic rings. The molecule has 1 saturated heterocycles.